The molecule has 19 heavy (non-hydrogen) atoms. The van der Waals surface area contributed by atoms with E-state index in [9.17, 15) is 0 Å². The van der Waals surface area contributed by atoms with Crippen LogP contribution in [0.2, 0.25) is 5.15 Å². The van der Waals surface area contributed by atoms with Gasteiger partial charge in [-0.1, -0.05) is 30.7 Å². The van der Waals surface area contributed by atoms with Gasteiger partial charge in [-0.05, 0) is 36.2 Å². The summed E-state index contributed by atoms with van der Waals surface area (Å²) in [5, 5.41) is 0.469. The Labute approximate surface area is 118 Å². The summed E-state index contributed by atoms with van der Waals surface area (Å²) in [6, 6.07) is 11.3. The average molecular weight is 278 g/mol. The maximum atomic E-state index is 5.84. The first-order chi connectivity index (χ1) is 9.29. The minimum absolute atomic E-state index is 0.439. The number of pyridine rings is 1. The van der Waals surface area contributed by atoms with Gasteiger partial charge < -0.3 is 9.47 Å². The van der Waals surface area contributed by atoms with E-state index in [4.69, 9.17) is 21.1 Å². The van der Waals surface area contributed by atoms with Gasteiger partial charge in [-0.3, -0.25) is 0 Å². The van der Waals surface area contributed by atoms with E-state index >= 15 is 0 Å². The molecule has 0 unspecified atom stereocenters. The molecule has 1 aromatic carbocycles. The number of aromatic nitrogens is 1. The minimum Gasteiger partial charge on any atom is -0.490 e. The van der Waals surface area contributed by atoms with E-state index in [1.165, 1.54) is 0 Å². The molecular formula is C15H16ClNO2. The van der Waals surface area contributed by atoms with Crippen LogP contribution in [0.15, 0.2) is 42.6 Å². The molecule has 0 radical (unpaired) electrons. The quantitative estimate of drug-likeness (QED) is 0.745. The van der Waals surface area contributed by atoms with E-state index in [2.05, 4.69) is 11.9 Å². The third kappa shape index (κ3) is 4.14. The van der Waals surface area contributed by atoms with Gasteiger partial charge in [-0.15, -0.1) is 0 Å². The highest BCUT2D eigenvalue weighted by Crippen LogP contribution is 2.27. The molecule has 1 heterocycles. The smallest absolute Gasteiger partial charge is 0.161 e. The SMILES string of the molecule is CCCOc1ccccc1OCc1ccnc(Cl)c1. The van der Waals surface area contributed by atoms with Gasteiger partial charge in [0.15, 0.2) is 11.5 Å². The fourth-order valence-corrected chi connectivity index (χ4v) is 1.79. The summed E-state index contributed by atoms with van der Waals surface area (Å²) in [6.45, 7) is 3.19. The largest absolute Gasteiger partial charge is 0.490 e. The Bertz CT molecular complexity index is 531. The number of benzene rings is 1. The minimum atomic E-state index is 0.439. The van der Waals surface area contributed by atoms with E-state index in [0.29, 0.717) is 18.4 Å². The van der Waals surface area contributed by atoms with Crippen molar-refractivity contribution in [1.29, 1.82) is 0 Å². The molecule has 0 saturated heterocycles. The molecule has 3 nitrogen and oxygen atoms in total. The monoisotopic (exact) mass is 277 g/mol. The summed E-state index contributed by atoms with van der Waals surface area (Å²) in [6.07, 6.45) is 2.63. The summed E-state index contributed by atoms with van der Waals surface area (Å²) < 4.78 is 11.4. The highest BCUT2D eigenvalue weighted by molar-refractivity contribution is 6.29. The van der Waals surface area contributed by atoms with Crippen LogP contribution in [0.3, 0.4) is 0 Å². The Balaban J connectivity index is 2.02. The van der Waals surface area contributed by atoms with Crippen LogP contribution >= 0.6 is 11.6 Å². The van der Waals surface area contributed by atoms with Crippen LogP contribution in [-0.2, 0) is 6.61 Å². The van der Waals surface area contributed by atoms with E-state index in [1.54, 1.807) is 12.3 Å². The molecular weight excluding hydrogens is 262 g/mol. The highest BCUT2D eigenvalue weighted by Gasteiger charge is 2.04. The third-order valence-corrected chi connectivity index (χ3v) is 2.70. The van der Waals surface area contributed by atoms with Crippen molar-refractivity contribution in [2.75, 3.05) is 6.61 Å². The lowest BCUT2D eigenvalue weighted by Crippen LogP contribution is -2.00. The molecule has 100 valence electrons. The Hall–Kier alpha value is -1.74. The second-order valence-electron chi connectivity index (χ2n) is 4.07. The molecule has 0 aliphatic heterocycles. The van der Waals surface area contributed by atoms with Crippen molar-refractivity contribution in [3.63, 3.8) is 0 Å². The van der Waals surface area contributed by atoms with E-state index in [-0.39, 0.29) is 0 Å². The van der Waals surface area contributed by atoms with Crippen LogP contribution in [0.5, 0.6) is 11.5 Å². The second-order valence-corrected chi connectivity index (χ2v) is 4.46. The topological polar surface area (TPSA) is 31.4 Å². The van der Waals surface area contributed by atoms with Crippen molar-refractivity contribution >= 4 is 11.6 Å². The van der Waals surface area contributed by atoms with Crippen LogP contribution in [-0.4, -0.2) is 11.6 Å². The van der Waals surface area contributed by atoms with E-state index in [0.717, 1.165) is 23.5 Å². The number of hydrogen-bond donors (Lipinski definition) is 0. The lowest BCUT2D eigenvalue weighted by molar-refractivity contribution is 0.262. The lowest BCUT2D eigenvalue weighted by Gasteiger charge is -2.12. The first kappa shape index (κ1) is 13.7. The van der Waals surface area contributed by atoms with Gasteiger partial charge in [0.2, 0.25) is 0 Å². The Morgan fingerprint density at radius 3 is 2.53 bits per heavy atom. The summed E-state index contributed by atoms with van der Waals surface area (Å²) in [7, 11) is 0. The molecule has 2 rings (SSSR count). The van der Waals surface area contributed by atoms with Gasteiger partial charge in [0.25, 0.3) is 0 Å². The van der Waals surface area contributed by atoms with E-state index in [1.807, 2.05) is 30.3 Å². The molecule has 0 saturated carbocycles. The summed E-state index contributed by atoms with van der Waals surface area (Å²) in [5.41, 5.74) is 0.977. The molecule has 2 aromatic rings. The molecule has 0 amide bonds. The van der Waals surface area contributed by atoms with E-state index < -0.39 is 0 Å². The number of hydrogen-bond acceptors (Lipinski definition) is 3. The van der Waals surface area contributed by atoms with Gasteiger partial charge in [-0.25, -0.2) is 4.98 Å². The first-order valence-electron chi connectivity index (χ1n) is 6.24. The van der Waals surface area contributed by atoms with Crippen molar-refractivity contribution < 1.29 is 9.47 Å². The molecule has 0 bridgehead atoms. The maximum absolute atomic E-state index is 5.84. The molecule has 0 spiro atoms. The van der Waals surface area contributed by atoms with Crippen molar-refractivity contribution in [3.05, 3.63) is 53.3 Å². The maximum Gasteiger partial charge on any atom is 0.161 e. The predicted molar refractivity (Wildman–Crippen MR) is 75.8 cm³/mol. The second kappa shape index (κ2) is 7.00. The summed E-state index contributed by atoms with van der Waals surface area (Å²) >= 11 is 5.84. The van der Waals surface area contributed by atoms with Gasteiger partial charge in [0, 0.05) is 6.20 Å². The molecule has 0 aliphatic carbocycles. The van der Waals surface area contributed by atoms with Gasteiger partial charge in [0.1, 0.15) is 11.8 Å². The first-order valence-corrected chi connectivity index (χ1v) is 6.62. The van der Waals surface area contributed by atoms with Crippen LogP contribution in [0.1, 0.15) is 18.9 Å². The molecule has 0 N–H and O–H groups in total. The van der Waals surface area contributed by atoms with Crippen LogP contribution in [0.4, 0.5) is 0 Å². The van der Waals surface area contributed by atoms with Crippen molar-refractivity contribution in [3.8, 4) is 11.5 Å². The zero-order valence-electron chi connectivity index (χ0n) is 10.8. The lowest BCUT2D eigenvalue weighted by atomic mass is 10.3. The number of rotatable bonds is 6. The standard InChI is InChI=1S/C15H16ClNO2/c1-2-9-18-13-5-3-4-6-14(13)19-11-12-7-8-17-15(16)10-12/h3-8,10H,2,9,11H2,1H3. The van der Waals surface area contributed by atoms with Gasteiger partial charge in [-0.2, -0.15) is 0 Å². The zero-order chi connectivity index (χ0) is 13.5. The molecule has 0 aliphatic rings. The fraction of sp³-hybridized carbons (Fsp3) is 0.267. The number of nitrogens with zero attached hydrogens (tertiary/aromatic N) is 1. The highest BCUT2D eigenvalue weighted by atomic mass is 35.5. The van der Waals surface area contributed by atoms with Crippen LogP contribution in [0.25, 0.3) is 0 Å². The van der Waals surface area contributed by atoms with Crippen LogP contribution < -0.4 is 9.47 Å². The average Bonchev–Trinajstić information content (AvgIpc) is 2.44. The Morgan fingerprint density at radius 2 is 1.84 bits per heavy atom. The Morgan fingerprint density at radius 1 is 1.11 bits per heavy atom. The predicted octanol–water partition coefficient (Wildman–Crippen LogP) is 4.10. The van der Waals surface area contributed by atoms with Crippen molar-refractivity contribution in [1.82, 2.24) is 4.98 Å². The van der Waals surface area contributed by atoms with Crippen molar-refractivity contribution in [2.24, 2.45) is 0 Å². The molecule has 0 fully saturated rings. The third-order valence-electron chi connectivity index (χ3n) is 2.50. The van der Waals surface area contributed by atoms with Gasteiger partial charge >= 0.3 is 0 Å². The Kier molecular flexibility index (Phi) is 5.04. The molecule has 4 heteroatoms. The zero-order valence-corrected chi connectivity index (χ0v) is 11.6. The number of ether oxygens (including phenoxy) is 2. The summed E-state index contributed by atoms with van der Waals surface area (Å²) in [5.74, 6) is 1.51. The van der Waals surface area contributed by atoms with Crippen molar-refractivity contribution in [2.45, 2.75) is 20.0 Å². The normalized spacial score (nSPS) is 10.2. The van der Waals surface area contributed by atoms with Crippen LogP contribution in [0, 0.1) is 0 Å². The fourth-order valence-electron chi connectivity index (χ4n) is 1.59. The molecule has 0 atom stereocenters. The summed E-state index contributed by atoms with van der Waals surface area (Å²) in [4.78, 5) is 3.94. The van der Waals surface area contributed by atoms with Gasteiger partial charge in [0.05, 0.1) is 6.61 Å². The number of para-hydroxylation sites is 2. The molecule has 1 aromatic heterocycles. The number of halogens is 1.